The van der Waals surface area contributed by atoms with Crippen LogP contribution in [-0.4, -0.2) is 37.0 Å². The summed E-state index contributed by atoms with van der Waals surface area (Å²) in [4.78, 5) is 11.2. The van der Waals surface area contributed by atoms with Crippen LogP contribution in [0.4, 0.5) is 0 Å². The predicted molar refractivity (Wildman–Crippen MR) is 48.7 cm³/mol. The van der Waals surface area contributed by atoms with E-state index in [2.05, 4.69) is 4.74 Å². The fourth-order valence-corrected chi connectivity index (χ4v) is 2.29. The molecule has 14 heavy (non-hydrogen) atoms. The molecule has 2 fully saturated rings. The Hall–Kier alpha value is -0.610. The number of aliphatic hydroxyl groups is 1. The Balaban J connectivity index is 2.04. The molecule has 0 radical (unpaired) electrons. The molecule has 0 aromatic carbocycles. The zero-order chi connectivity index (χ0) is 10.2. The van der Waals surface area contributed by atoms with E-state index in [-0.39, 0.29) is 11.5 Å². The van der Waals surface area contributed by atoms with Gasteiger partial charge in [-0.1, -0.05) is 0 Å². The Morgan fingerprint density at radius 3 is 2.79 bits per heavy atom. The van der Waals surface area contributed by atoms with E-state index in [4.69, 9.17) is 4.74 Å². The molecule has 0 bridgehead atoms. The maximum Gasteiger partial charge on any atom is 0.335 e. The summed E-state index contributed by atoms with van der Waals surface area (Å²) in [6.07, 6.45) is 2.77. The molecule has 1 N–H and O–H groups in total. The number of hydrogen-bond donors (Lipinski definition) is 1. The number of hydrogen-bond acceptors (Lipinski definition) is 4. The quantitative estimate of drug-likeness (QED) is 0.673. The topological polar surface area (TPSA) is 55.8 Å². The van der Waals surface area contributed by atoms with Crippen LogP contribution in [0.1, 0.15) is 25.7 Å². The fraction of sp³-hybridized carbons (Fsp3) is 0.900. The normalized spacial score (nSPS) is 31.1. The fourth-order valence-electron chi connectivity index (χ4n) is 2.29. The molecule has 4 heteroatoms. The van der Waals surface area contributed by atoms with Crippen molar-refractivity contribution in [3.63, 3.8) is 0 Å². The van der Waals surface area contributed by atoms with Crippen LogP contribution in [0.5, 0.6) is 0 Å². The van der Waals surface area contributed by atoms with Gasteiger partial charge < -0.3 is 14.6 Å². The highest BCUT2D eigenvalue weighted by Gasteiger charge is 2.58. The van der Waals surface area contributed by atoms with Crippen LogP contribution in [-0.2, 0) is 14.3 Å². The predicted octanol–water partition coefficient (Wildman–Crippen LogP) is 0.479. The van der Waals surface area contributed by atoms with Gasteiger partial charge in [0.05, 0.1) is 13.2 Å². The molecule has 1 aliphatic heterocycles. The van der Waals surface area contributed by atoms with Gasteiger partial charge in [0.25, 0.3) is 0 Å². The van der Waals surface area contributed by atoms with Gasteiger partial charge in [-0.25, -0.2) is 4.79 Å². The van der Waals surface area contributed by atoms with Crippen molar-refractivity contribution in [1.29, 1.82) is 0 Å². The summed E-state index contributed by atoms with van der Waals surface area (Å²) < 4.78 is 10.1. The third kappa shape index (κ3) is 1.42. The van der Waals surface area contributed by atoms with Crippen LogP contribution in [0.15, 0.2) is 0 Å². The summed E-state index contributed by atoms with van der Waals surface area (Å²) in [6, 6.07) is 0. The average molecular weight is 200 g/mol. The van der Waals surface area contributed by atoms with Gasteiger partial charge in [0.2, 0.25) is 0 Å². The minimum Gasteiger partial charge on any atom is -0.467 e. The van der Waals surface area contributed by atoms with Gasteiger partial charge >= 0.3 is 5.97 Å². The molecule has 1 saturated heterocycles. The van der Waals surface area contributed by atoms with E-state index in [1.807, 2.05) is 0 Å². The standard InChI is InChI=1S/C10H16O4/c1-13-9(12)8(11)10(4-5-10)7-3-2-6-14-7/h7-8,11H,2-6H2,1H3. The zero-order valence-electron chi connectivity index (χ0n) is 8.36. The third-order valence-electron chi connectivity index (χ3n) is 3.37. The van der Waals surface area contributed by atoms with Crippen molar-refractivity contribution in [1.82, 2.24) is 0 Å². The van der Waals surface area contributed by atoms with Gasteiger partial charge in [-0.15, -0.1) is 0 Å². The number of aliphatic hydroxyl groups excluding tert-OH is 1. The molecule has 0 amide bonds. The molecule has 0 aromatic rings. The molecule has 1 heterocycles. The smallest absolute Gasteiger partial charge is 0.335 e. The summed E-state index contributed by atoms with van der Waals surface area (Å²) in [5.41, 5.74) is -0.330. The van der Waals surface area contributed by atoms with Crippen molar-refractivity contribution >= 4 is 5.97 Å². The van der Waals surface area contributed by atoms with Crippen molar-refractivity contribution < 1.29 is 19.4 Å². The highest BCUT2D eigenvalue weighted by atomic mass is 16.5. The Morgan fingerprint density at radius 1 is 1.64 bits per heavy atom. The van der Waals surface area contributed by atoms with Crippen LogP contribution in [0, 0.1) is 5.41 Å². The molecule has 2 unspecified atom stereocenters. The summed E-state index contributed by atoms with van der Waals surface area (Å²) in [6.45, 7) is 0.750. The highest BCUT2D eigenvalue weighted by molar-refractivity contribution is 5.76. The summed E-state index contributed by atoms with van der Waals surface area (Å²) >= 11 is 0. The number of methoxy groups -OCH3 is 1. The zero-order valence-corrected chi connectivity index (χ0v) is 8.36. The number of ether oxygens (including phenoxy) is 2. The van der Waals surface area contributed by atoms with Crippen molar-refractivity contribution in [3.8, 4) is 0 Å². The highest BCUT2D eigenvalue weighted by Crippen LogP contribution is 2.55. The van der Waals surface area contributed by atoms with E-state index < -0.39 is 12.1 Å². The first kappa shape index (κ1) is 9.93. The molecular formula is C10H16O4. The molecule has 2 aliphatic rings. The van der Waals surface area contributed by atoms with Crippen LogP contribution < -0.4 is 0 Å². The lowest BCUT2D eigenvalue weighted by molar-refractivity contribution is -0.158. The van der Waals surface area contributed by atoms with Crippen molar-refractivity contribution in [2.45, 2.75) is 37.9 Å². The van der Waals surface area contributed by atoms with E-state index >= 15 is 0 Å². The first-order valence-corrected chi connectivity index (χ1v) is 5.08. The van der Waals surface area contributed by atoms with E-state index in [1.54, 1.807) is 0 Å². The average Bonchev–Trinajstić information content (AvgIpc) is 2.84. The molecule has 2 atom stereocenters. The molecular weight excluding hydrogens is 184 g/mol. The van der Waals surface area contributed by atoms with Gasteiger partial charge in [-0.3, -0.25) is 0 Å². The van der Waals surface area contributed by atoms with E-state index in [0.29, 0.717) is 0 Å². The maximum absolute atomic E-state index is 11.2. The minimum atomic E-state index is -1.00. The number of rotatable bonds is 3. The van der Waals surface area contributed by atoms with Crippen LogP contribution >= 0.6 is 0 Å². The summed E-state index contributed by atoms with van der Waals surface area (Å²) in [5, 5.41) is 9.81. The molecule has 2 rings (SSSR count). The monoisotopic (exact) mass is 200 g/mol. The number of carbonyl (C=O) groups excluding carboxylic acids is 1. The van der Waals surface area contributed by atoms with Gasteiger partial charge in [-0.2, -0.15) is 0 Å². The molecule has 0 spiro atoms. The second kappa shape index (κ2) is 3.51. The van der Waals surface area contributed by atoms with Crippen LogP contribution in [0.2, 0.25) is 0 Å². The molecule has 80 valence electrons. The molecule has 4 nitrogen and oxygen atoms in total. The Bertz CT molecular complexity index is 228. The third-order valence-corrected chi connectivity index (χ3v) is 3.37. The van der Waals surface area contributed by atoms with Crippen LogP contribution in [0.25, 0.3) is 0 Å². The summed E-state index contributed by atoms with van der Waals surface area (Å²) in [7, 11) is 1.30. The molecule has 1 saturated carbocycles. The first-order valence-electron chi connectivity index (χ1n) is 5.08. The van der Waals surface area contributed by atoms with Crippen LogP contribution in [0.3, 0.4) is 0 Å². The Morgan fingerprint density at radius 2 is 2.36 bits per heavy atom. The van der Waals surface area contributed by atoms with Crippen molar-refractivity contribution in [2.75, 3.05) is 13.7 Å². The molecule has 0 aromatic heterocycles. The molecule has 1 aliphatic carbocycles. The maximum atomic E-state index is 11.2. The lowest BCUT2D eigenvalue weighted by atomic mass is 9.90. The van der Waals surface area contributed by atoms with Gasteiger partial charge in [-0.05, 0) is 25.7 Å². The van der Waals surface area contributed by atoms with E-state index in [9.17, 15) is 9.90 Å². The number of esters is 1. The van der Waals surface area contributed by atoms with Gasteiger partial charge in [0, 0.05) is 12.0 Å². The largest absolute Gasteiger partial charge is 0.467 e. The lowest BCUT2D eigenvalue weighted by Crippen LogP contribution is -2.39. The number of carbonyl (C=O) groups is 1. The minimum absolute atomic E-state index is 0.0524. The van der Waals surface area contributed by atoms with Gasteiger partial charge in [0.1, 0.15) is 0 Å². The second-order valence-electron chi connectivity index (χ2n) is 4.16. The van der Waals surface area contributed by atoms with Crippen molar-refractivity contribution in [2.24, 2.45) is 5.41 Å². The van der Waals surface area contributed by atoms with E-state index in [0.717, 1.165) is 32.3 Å². The first-order chi connectivity index (χ1) is 6.70. The SMILES string of the molecule is COC(=O)C(O)C1(C2CCCO2)CC1. The Kier molecular flexibility index (Phi) is 2.49. The van der Waals surface area contributed by atoms with E-state index in [1.165, 1.54) is 7.11 Å². The summed E-state index contributed by atoms with van der Waals surface area (Å²) in [5.74, 6) is -0.530. The Labute approximate surface area is 83.2 Å². The lowest BCUT2D eigenvalue weighted by Gasteiger charge is -2.25. The van der Waals surface area contributed by atoms with Gasteiger partial charge in [0.15, 0.2) is 6.10 Å². The van der Waals surface area contributed by atoms with Crippen molar-refractivity contribution in [3.05, 3.63) is 0 Å². The second-order valence-corrected chi connectivity index (χ2v) is 4.16.